The normalized spacial score (nSPS) is 16.8. The zero-order valence-corrected chi connectivity index (χ0v) is 20.8. The minimum atomic E-state index is -0.773. The van der Waals surface area contributed by atoms with Crippen LogP contribution in [-0.2, 0) is 16.1 Å². The molecule has 36 heavy (non-hydrogen) atoms. The van der Waals surface area contributed by atoms with E-state index in [-0.39, 0.29) is 17.9 Å². The predicted octanol–water partition coefficient (Wildman–Crippen LogP) is 5.03. The van der Waals surface area contributed by atoms with E-state index in [1.54, 1.807) is 56.7 Å². The Balaban J connectivity index is 1.82. The first kappa shape index (κ1) is 24.9. The molecule has 1 atom stereocenters. The quantitative estimate of drug-likeness (QED) is 0.272. The van der Waals surface area contributed by atoms with Crippen molar-refractivity contribution in [1.29, 1.82) is 0 Å². The van der Waals surface area contributed by atoms with Crippen LogP contribution in [-0.4, -0.2) is 42.5 Å². The summed E-state index contributed by atoms with van der Waals surface area (Å²) in [5.41, 5.74) is 2.80. The first-order valence-electron chi connectivity index (χ1n) is 11.7. The fourth-order valence-electron chi connectivity index (χ4n) is 4.41. The van der Waals surface area contributed by atoms with Crippen LogP contribution in [0.2, 0.25) is 0 Å². The van der Waals surface area contributed by atoms with Crippen molar-refractivity contribution in [3.63, 3.8) is 0 Å². The highest BCUT2D eigenvalue weighted by Crippen LogP contribution is 2.41. The number of hydrogen-bond acceptors (Lipinski definition) is 6. The molecule has 0 aliphatic carbocycles. The lowest BCUT2D eigenvalue weighted by atomic mass is 9.94. The van der Waals surface area contributed by atoms with Crippen LogP contribution in [0.4, 0.5) is 0 Å². The zero-order valence-electron chi connectivity index (χ0n) is 20.8. The smallest absolute Gasteiger partial charge is 0.295 e. The average molecular weight is 488 g/mol. The Kier molecular flexibility index (Phi) is 7.29. The third kappa shape index (κ3) is 4.77. The number of ketones is 1. The molecule has 1 saturated heterocycles. The second kappa shape index (κ2) is 10.6. The molecule has 1 N–H and O–H groups in total. The van der Waals surface area contributed by atoms with Gasteiger partial charge in [-0.05, 0) is 73.0 Å². The lowest BCUT2D eigenvalue weighted by Gasteiger charge is -2.25. The molecule has 3 aromatic carbocycles. The van der Waals surface area contributed by atoms with Gasteiger partial charge in [0.1, 0.15) is 23.0 Å². The summed E-state index contributed by atoms with van der Waals surface area (Å²) in [6, 6.07) is 18.9. The molecule has 7 heteroatoms. The monoisotopic (exact) mass is 487 g/mol. The number of aliphatic hydroxyl groups excluding tert-OH is 1. The van der Waals surface area contributed by atoms with E-state index >= 15 is 0 Å². The van der Waals surface area contributed by atoms with Crippen LogP contribution in [0.3, 0.4) is 0 Å². The highest BCUT2D eigenvalue weighted by Gasteiger charge is 2.46. The molecule has 0 aromatic heterocycles. The number of amides is 1. The summed E-state index contributed by atoms with van der Waals surface area (Å²) >= 11 is 0. The van der Waals surface area contributed by atoms with E-state index in [1.165, 1.54) is 4.90 Å². The van der Waals surface area contributed by atoms with Crippen molar-refractivity contribution in [2.45, 2.75) is 26.4 Å². The number of carbonyl (C=O) groups is 2. The van der Waals surface area contributed by atoms with E-state index in [2.05, 4.69) is 0 Å². The van der Waals surface area contributed by atoms with Gasteiger partial charge in [0.2, 0.25) is 0 Å². The van der Waals surface area contributed by atoms with Gasteiger partial charge in [0.15, 0.2) is 0 Å². The summed E-state index contributed by atoms with van der Waals surface area (Å²) in [6.45, 7) is 4.45. The molecule has 0 radical (unpaired) electrons. The third-order valence-corrected chi connectivity index (χ3v) is 6.23. The lowest BCUT2D eigenvalue weighted by molar-refractivity contribution is -0.140. The summed E-state index contributed by atoms with van der Waals surface area (Å²) < 4.78 is 16.1. The maximum atomic E-state index is 13.3. The van der Waals surface area contributed by atoms with Crippen LogP contribution in [0.15, 0.2) is 72.3 Å². The van der Waals surface area contributed by atoms with Gasteiger partial charge in [0.25, 0.3) is 11.7 Å². The molecule has 1 heterocycles. The molecule has 1 amide bonds. The maximum Gasteiger partial charge on any atom is 0.295 e. The van der Waals surface area contributed by atoms with Gasteiger partial charge in [-0.1, -0.05) is 24.3 Å². The molecule has 0 saturated carbocycles. The number of likely N-dealkylation sites (tertiary alicyclic amines) is 1. The largest absolute Gasteiger partial charge is 0.507 e. The second-order valence-corrected chi connectivity index (χ2v) is 8.46. The summed E-state index contributed by atoms with van der Waals surface area (Å²) in [5, 5.41) is 11.3. The number of hydrogen-bond donors (Lipinski definition) is 1. The van der Waals surface area contributed by atoms with Crippen LogP contribution in [0.5, 0.6) is 17.2 Å². The molecule has 186 valence electrons. The van der Waals surface area contributed by atoms with Crippen molar-refractivity contribution in [1.82, 2.24) is 4.90 Å². The number of ether oxygens (including phenoxy) is 3. The van der Waals surface area contributed by atoms with Crippen LogP contribution in [0.1, 0.15) is 35.2 Å². The summed E-state index contributed by atoms with van der Waals surface area (Å²) in [7, 11) is 3.15. The van der Waals surface area contributed by atoms with Gasteiger partial charge in [0.05, 0.1) is 32.4 Å². The highest BCUT2D eigenvalue weighted by atomic mass is 16.5. The molecule has 3 aromatic rings. The van der Waals surface area contributed by atoms with Crippen molar-refractivity contribution in [2.24, 2.45) is 0 Å². The molecule has 1 unspecified atom stereocenters. The SMILES string of the molecule is CCOc1ccc(C2/C(=C(/O)c3ccc(OC)c(C)c3)C(=O)C(=O)N2Cc2ccc(OC)cc2)cc1. The predicted molar refractivity (Wildman–Crippen MR) is 136 cm³/mol. The Bertz CT molecular complexity index is 1290. The summed E-state index contributed by atoms with van der Waals surface area (Å²) in [4.78, 5) is 28.1. The Morgan fingerprint density at radius 3 is 2.17 bits per heavy atom. The number of nitrogens with zero attached hydrogens (tertiary/aromatic N) is 1. The van der Waals surface area contributed by atoms with Crippen molar-refractivity contribution in [3.05, 3.63) is 94.6 Å². The third-order valence-electron chi connectivity index (χ3n) is 6.23. The lowest BCUT2D eigenvalue weighted by Crippen LogP contribution is -2.29. The minimum Gasteiger partial charge on any atom is -0.507 e. The number of rotatable bonds is 8. The topological polar surface area (TPSA) is 85.3 Å². The van der Waals surface area contributed by atoms with Crippen molar-refractivity contribution in [3.8, 4) is 17.2 Å². The number of Topliss-reactive ketones (excluding diaryl/α,β-unsaturated/α-hetero) is 1. The molecule has 1 fully saturated rings. The van der Waals surface area contributed by atoms with Crippen LogP contribution in [0, 0.1) is 6.92 Å². The molecule has 1 aliphatic rings. The zero-order chi connectivity index (χ0) is 25.8. The number of aryl methyl sites for hydroxylation is 1. The molecule has 0 bridgehead atoms. The molecular weight excluding hydrogens is 458 g/mol. The Morgan fingerprint density at radius 2 is 1.58 bits per heavy atom. The second-order valence-electron chi connectivity index (χ2n) is 8.46. The Morgan fingerprint density at radius 1 is 0.917 bits per heavy atom. The van der Waals surface area contributed by atoms with E-state index < -0.39 is 17.7 Å². The van der Waals surface area contributed by atoms with E-state index in [0.717, 1.165) is 11.1 Å². The first-order chi connectivity index (χ1) is 17.4. The molecule has 0 spiro atoms. The molecule has 1 aliphatic heterocycles. The Hall–Kier alpha value is -4.26. The molecule has 4 rings (SSSR count). The van der Waals surface area contributed by atoms with Crippen molar-refractivity contribution < 1.29 is 28.9 Å². The first-order valence-corrected chi connectivity index (χ1v) is 11.7. The summed E-state index contributed by atoms with van der Waals surface area (Å²) in [5.74, 6) is 0.410. The minimum absolute atomic E-state index is 0.0437. The maximum absolute atomic E-state index is 13.3. The van der Waals surface area contributed by atoms with Crippen LogP contribution in [0.25, 0.3) is 5.76 Å². The molecule has 7 nitrogen and oxygen atoms in total. The number of carbonyl (C=O) groups excluding carboxylic acids is 2. The van der Waals surface area contributed by atoms with Crippen molar-refractivity contribution >= 4 is 17.4 Å². The fourth-order valence-corrected chi connectivity index (χ4v) is 4.41. The Labute approximate surface area is 210 Å². The van der Waals surface area contributed by atoms with Crippen LogP contribution < -0.4 is 14.2 Å². The number of benzene rings is 3. The van der Waals surface area contributed by atoms with Gasteiger partial charge in [-0.25, -0.2) is 0 Å². The summed E-state index contributed by atoms with van der Waals surface area (Å²) in [6.07, 6.45) is 0. The van der Waals surface area contributed by atoms with Crippen LogP contribution >= 0.6 is 0 Å². The standard InChI is InChI=1S/C29H29NO6/c1-5-36-23-13-8-20(9-14-23)26-25(27(31)21-10-15-24(35-4)18(2)16-21)28(32)29(33)30(26)17-19-6-11-22(34-3)12-7-19/h6-16,26,31H,5,17H2,1-4H3/b27-25-. The van der Waals surface area contributed by atoms with Gasteiger partial charge in [-0.2, -0.15) is 0 Å². The average Bonchev–Trinajstić information content (AvgIpc) is 3.14. The van der Waals surface area contributed by atoms with Gasteiger partial charge >= 0.3 is 0 Å². The number of aliphatic hydroxyl groups is 1. The van der Waals surface area contributed by atoms with Gasteiger partial charge in [0, 0.05) is 12.1 Å². The van der Waals surface area contributed by atoms with Gasteiger partial charge in [-0.3, -0.25) is 9.59 Å². The molecular formula is C29H29NO6. The fraction of sp³-hybridized carbons (Fsp3) is 0.241. The van der Waals surface area contributed by atoms with E-state index in [9.17, 15) is 14.7 Å². The highest BCUT2D eigenvalue weighted by molar-refractivity contribution is 6.46. The van der Waals surface area contributed by atoms with Gasteiger partial charge in [-0.15, -0.1) is 0 Å². The van der Waals surface area contributed by atoms with E-state index in [0.29, 0.717) is 35.0 Å². The number of methoxy groups -OCH3 is 2. The van der Waals surface area contributed by atoms with Gasteiger partial charge < -0.3 is 24.2 Å². The van der Waals surface area contributed by atoms with Crippen molar-refractivity contribution in [2.75, 3.05) is 20.8 Å². The van der Waals surface area contributed by atoms with E-state index in [4.69, 9.17) is 14.2 Å². The van der Waals surface area contributed by atoms with E-state index in [1.807, 2.05) is 38.1 Å².